The molecule has 0 spiro atoms. The maximum absolute atomic E-state index is 6.12. The van der Waals surface area contributed by atoms with E-state index in [1.807, 2.05) is 0 Å². The van der Waals surface area contributed by atoms with E-state index in [-0.39, 0.29) is 5.41 Å². The van der Waals surface area contributed by atoms with Gasteiger partial charge < -0.3 is 11.5 Å². The predicted octanol–water partition coefficient (Wildman–Crippen LogP) is 8.43. The highest BCUT2D eigenvalue weighted by Gasteiger charge is 2.39. The molecule has 1 saturated carbocycles. The van der Waals surface area contributed by atoms with Gasteiger partial charge in [-0.05, 0) is 105 Å². The van der Waals surface area contributed by atoms with Crippen molar-refractivity contribution >= 4 is 0 Å². The Morgan fingerprint density at radius 1 is 0.750 bits per heavy atom. The van der Waals surface area contributed by atoms with Gasteiger partial charge in [-0.2, -0.15) is 0 Å². The van der Waals surface area contributed by atoms with Gasteiger partial charge in [-0.1, -0.05) is 87.0 Å². The average Bonchev–Trinajstić information content (AvgIpc) is 2.74. The molecule has 0 bridgehead atoms. The molecule has 0 aliphatic heterocycles. The van der Waals surface area contributed by atoms with Crippen molar-refractivity contribution in [2.75, 3.05) is 13.1 Å². The minimum Gasteiger partial charge on any atom is -0.330 e. The molecule has 0 heterocycles. The van der Waals surface area contributed by atoms with Gasteiger partial charge in [-0.15, -0.1) is 0 Å². The molecule has 192 valence electrons. The Morgan fingerprint density at radius 3 is 2.00 bits per heavy atom. The van der Waals surface area contributed by atoms with Gasteiger partial charge in [-0.3, -0.25) is 0 Å². The van der Waals surface area contributed by atoms with Gasteiger partial charge in [0.25, 0.3) is 0 Å². The topological polar surface area (TPSA) is 52.0 Å². The molecule has 0 saturated heterocycles. The fraction of sp³-hybridized carbons (Fsp3) is 1.00. The van der Waals surface area contributed by atoms with Gasteiger partial charge in [-0.25, -0.2) is 0 Å². The third-order valence-corrected chi connectivity index (χ3v) is 8.78. The number of unbranched alkanes of at least 4 members (excludes halogenated alkanes) is 3. The minimum atomic E-state index is 0.271. The fourth-order valence-electron chi connectivity index (χ4n) is 7.09. The Morgan fingerprint density at radius 2 is 1.41 bits per heavy atom. The molecule has 2 nitrogen and oxygen atoms in total. The standard InChI is InChI=1S/C30H62N2/c1-8-10-12-14-28-26(13-11-9-2)15-16-27(18-23(3)17-25(5)21-31)29(28)19-24(4)20-30(6,7)22-32/h23-29H,8-22,31-32H2,1-7H3. The van der Waals surface area contributed by atoms with E-state index in [0.29, 0.717) is 5.92 Å². The highest BCUT2D eigenvalue weighted by molar-refractivity contribution is 4.90. The molecule has 1 aliphatic rings. The maximum atomic E-state index is 6.12. The fourth-order valence-corrected chi connectivity index (χ4v) is 7.09. The van der Waals surface area contributed by atoms with Gasteiger partial charge in [0.2, 0.25) is 0 Å². The summed E-state index contributed by atoms with van der Waals surface area (Å²) in [5.74, 6) is 6.01. The first-order chi connectivity index (χ1) is 15.2. The molecule has 4 N–H and O–H groups in total. The summed E-state index contributed by atoms with van der Waals surface area (Å²) in [7, 11) is 0. The van der Waals surface area contributed by atoms with Crippen LogP contribution < -0.4 is 11.5 Å². The molecule has 32 heavy (non-hydrogen) atoms. The summed E-state index contributed by atoms with van der Waals surface area (Å²) in [6.45, 7) is 18.4. The molecule has 0 radical (unpaired) electrons. The molecule has 1 rings (SSSR count). The zero-order valence-corrected chi connectivity index (χ0v) is 23.3. The lowest BCUT2D eigenvalue weighted by molar-refractivity contribution is 0.0386. The summed E-state index contributed by atoms with van der Waals surface area (Å²) in [6, 6.07) is 0. The second-order valence-corrected chi connectivity index (χ2v) is 12.9. The van der Waals surface area contributed by atoms with Gasteiger partial charge >= 0.3 is 0 Å². The molecular formula is C30H62N2. The van der Waals surface area contributed by atoms with Crippen molar-refractivity contribution < 1.29 is 0 Å². The lowest BCUT2D eigenvalue weighted by atomic mass is 9.59. The largest absolute Gasteiger partial charge is 0.330 e. The maximum Gasteiger partial charge on any atom is -0.00257 e. The average molecular weight is 451 g/mol. The summed E-state index contributed by atoms with van der Waals surface area (Å²) < 4.78 is 0. The van der Waals surface area contributed by atoms with Crippen LogP contribution in [0.3, 0.4) is 0 Å². The molecule has 0 aromatic rings. The van der Waals surface area contributed by atoms with E-state index in [9.17, 15) is 0 Å². The van der Waals surface area contributed by atoms with Crippen molar-refractivity contribution in [1.29, 1.82) is 0 Å². The highest BCUT2D eigenvalue weighted by Crippen LogP contribution is 2.49. The van der Waals surface area contributed by atoms with Crippen molar-refractivity contribution in [2.24, 2.45) is 58.3 Å². The van der Waals surface area contributed by atoms with E-state index in [1.54, 1.807) is 0 Å². The predicted molar refractivity (Wildman–Crippen MR) is 145 cm³/mol. The second-order valence-electron chi connectivity index (χ2n) is 12.9. The Balaban J connectivity index is 3.03. The van der Waals surface area contributed by atoms with E-state index < -0.39 is 0 Å². The number of hydrogen-bond donors (Lipinski definition) is 2. The van der Waals surface area contributed by atoms with E-state index in [0.717, 1.165) is 48.6 Å². The highest BCUT2D eigenvalue weighted by atomic mass is 14.6. The van der Waals surface area contributed by atoms with Crippen LogP contribution in [0.25, 0.3) is 0 Å². The summed E-state index contributed by atoms with van der Waals surface area (Å²) in [4.78, 5) is 0. The first-order valence-electron chi connectivity index (χ1n) is 14.6. The van der Waals surface area contributed by atoms with Gasteiger partial charge in [0.15, 0.2) is 0 Å². The zero-order valence-electron chi connectivity index (χ0n) is 23.3. The molecule has 2 heteroatoms. The van der Waals surface area contributed by atoms with Crippen molar-refractivity contribution in [3.8, 4) is 0 Å². The van der Waals surface area contributed by atoms with Crippen molar-refractivity contribution in [2.45, 2.75) is 132 Å². The van der Waals surface area contributed by atoms with Crippen LogP contribution in [0, 0.1) is 46.8 Å². The Bertz CT molecular complexity index is 460. The number of rotatable bonds is 17. The van der Waals surface area contributed by atoms with Crippen LogP contribution in [0.1, 0.15) is 132 Å². The second kappa shape index (κ2) is 15.8. The molecule has 1 fully saturated rings. The van der Waals surface area contributed by atoms with Crippen LogP contribution in [-0.4, -0.2) is 13.1 Å². The SMILES string of the molecule is CCCCCC1C(CCCC)CCC(CC(C)CC(C)CN)C1CC(C)CC(C)(C)CN. The Kier molecular flexibility index (Phi) is 14.7. The van der Waals surface area contributed by atoms with E-state index >= 15 is 0 Å². The van der Waals surface area contributed by atoms with Crippen LogP contribution >= 0.6 is 0 Å². The first-order valence-corrected chi connectivity index (χ1v) is 14.6. The molecule has 0 amide bonds. The lowest BCUT2D eigenvalue weighted by Crippen LogP contribution is -2.37. The van der Waals surface area contributed by atoms with Crippen LogP contribution in [-0.2, 0) is 0 Å². The summed E-state index contributed by atoms with van der Waals surface area (Å²) in [5, 5.41) is 0. The van der Waals surface area contributed by atoms with Gasteiger partial charge in [0.05, 0.1) is 0 Å². The Labute approximate surface area is 203 Å². The summed E-state index contributed by atoms with van der Waals surface area (Å²) in [6.07, 6.45) is 18.3. The van der Waals surface area contributed by atoms with Crippen LogP contribution in [0.2, 0.25) is 0 Å². The van der Waals surface area contributed by atoms with E-state index in [2.05, 4.69) is 48.5 Å². The van der Waals surface area contributed by atoms with Gasteiger partial charge in [0, 0.05) is 0 Å². The summed E-state index contributed by atoms with van der Waals surface area (Å²) >= 11 is 0. The zero-order chi connectivity index (χ0) is 24.1. The molecule has 7 atom stereocenters. The lowest BCUT2D eigenvalue weighted by Gasteiger charge is -2.46. The van der Waals surface area contributed by atoms with Crippen LogP contribution in [0.15, 0.2) is 0 Å². The summed E-state index contributed by atoms with van der Waals surface area (Å²) in [5.41, 5.74) is 12.3. The van der Waals surface area contributed by atoms with Crippen molar-refractivity contribution in [3.05, 3.63) is 0 Å². The van der Waals surface area contributed by atoms with Crippen LogP contribution in [0.4, 0.5) is 0 Å². The monoisotopic (exact) mass is 450 g/mol. The smallest absolute Gasteiger partial charge is 0.00257 e. The van der Waals surface area contributed by atoms with E-state index in [1.165, 1.54) is 83.5 Å². The van der Waals surface area contributed by atoms with Crippen molar-refractivity contribution in [3.63, 3.8) is 0 Å². The number of nitrogens with two attached hydrogens (primary N) is 2. The third-order valence-electron chi connectivity index (χ3n) is 8.78. The third kappa shape index (κ3) is 10.9. The molecule has 0 aromatic heterocycles. The van der Waals surface area contributed by atoms with E-state index in [4.69, 9.17) is 11.5 Å². The first kappa shape index (κ1) is 30.0. The molecule has 1 aliphatic carbocycles. The van der Waals surface area contributed by atoms with Crippen molar-refractivity contribution in [1.82, 2.24) is 0 Å². The van der Waals surface area contributed by atoms with Gasteiger partial charge in [0.1, 0.15) is 0 Å². The number of hydrogen-bond acceptors (Lipinski definition) is 2. The molecular weight excluding hydrogens is 388 g/mol. The molecule has 0 aromatic carbocycles. The minimum absolute atomic E-state index is 0.271. The Hall–Kier alpha value is -0.0800. The quantitative estimate of drug-likeness (QED) is 0.218. The normalized spacial score (nSPS) is 27.3. The van der Waals surface area contributed by atoms with Crippen LogP contribution in [0.5, 0.6) is 0 Å². The molecule has 7 unspecified atom stereocenters.